The number of pyridine rings is 1. The van der Waals surface area contributed by atoms with Gasteiger partial charge in [0, 0.05) is 17.3 Å². The zero-order valence-corrected chi connectivity index (χ0v) is 8.38. The molecule has 0 fully saturated rings. The van der Waals surface area contributed by atoms with E-state index < -0.39 is 0 Å². The normalized spacial score (nSPS) is 10.4. The second kappa shape index (κ2) is 3.39. The molecule has 2 rings (SSSR count). The number of carbonyl (C=O) groups excluding carboxylic acids is 1. The van der Waals surface area contributed by atoms with E-state index in [9.17, 15) is 4.79 Å². The van der Waals surface area contributed by atoms with Crippen LogP contribution in [0.2, 0.25) is 5.02 Å². The molecule has 0 aliphatic rings. The van der Waals surface area contributed by atoms with Gasteiger partial charge < -0.3 is 0 Å². The fraction of sp³-hybridized carbons (Fsp3) is 0.0909. The van der Waals surface area contributed by atoms with Crippen molar-refractivity contribution < 1.29 is 4.79 Å². The molecule has 0 unspecified atom stereocenters. The van der Waals surface area contributed by atoms with Crippen molar-refractivity contribution in [2.24, 2.45) is 0 Å². The smallest absolute Gasteiger partial charge is 0.178 e. The Morgan fingerprint density at radius 2 is 2.00 bits per heavy atom. The summed E-state index contributed by atoms with van der Waals surface area (Å²) in [6, 6.07) is 9.03. The van der Waals surface area contributed by atoms with Crippen LogP contribution in [0.5, 0.6) is 0 Å². The van der Waals surface area contributed by atoms with Crippen molar-refractivity contribution in [1.29, 1.82) is 0 Å². The van der Waals surface area contributed by atoms with E-state index in [1.165, 1.54) is 6.92 Å². The number of fused-ring (bicyclic) bond motifs is 1. The number of aromatic nitrogens is 1. The van der Waals surface area contributed by atoms with Crippen molar-refractivity contribution in [3.8, 4) is 0 Å². The van der Waals surface area contributed by atoms with Crippen LogP contribution < -0.4 is 0 Å². The Kier molecular flexibility index (Phi) is 2.22. The van der Waals surface area contributed by atoms with Gasteiger partial charge in [-0.1, -0.05) is 23.7 Å². The topological polar surface area (TPSA) is 30.0 Å². The van der Waals surface area contributed by atoms with E-state index in [-0.39, 0.29) is 5.78 Å². The lowest BCUT2D eigenvalue weighted by Gasteiger charge is -1.99. The average molecular weight is 206 g/mol. The van der Waals surface area contributed by atoms with Crippen molar-refractivity contribution in [2.75, 3.05) is 0 Å². The maximum atomic E-state index is 11.1. The van der Waals surface area contributed by atoms with Gasteiger partial charge >= 0.3 is 0 Å². The predicted molar refractivity (Wildman–Crippen MR) is 56.8 cm³/mol. The molecule has 0 aliphatic heterocycles. The molecule has 0 N–H and O–H groups in total. The first-order valence-corrected chi connectivity index (χ1v) is 4.62. The van der Waals surface area contributed by atoms with Gasteiger partial charge in [0.25, 0.3) is 0 Å². The van der Waals surface area contributed by atoms with Crippen molar-refractivity contribution in [3.05, 3.63) is 41.0 Å². The molecule has 0 saturated heterocycles. The third kappa shape index (κ3) is 1.61. The molecule has 1 aromatic heterocycles. The quantitative estimate of drug-likeness (QED) is 0.670. The lowest BCUT2D eigenvalue weighted by molar-refractivity contribution is 0.101. The largest absolute Gasteiger partial charge is 0.293 e. The second-order valence-corrected chi connectivity index (χ2v) is 3.53. The maximum Gasteiger partial charge on any atom is 0.178 e. The van der Waals surface area contributed by atoms with E-state index in [2.05, 4.69) is 4.98 Å². The lowest BCUT2D eigenvalue weighted by atomic mass is 10.2. The first kappa shape index (κ1) is 9.16. The number of benzene rings is 1. The Morgan fingerprint density at radius 1 is 1.29 bits per heavy atom. The molecule has 2 aromatic rings. The van der Waals surface area contributed by atoms with E-state index in [0.29, 0.717) is 10.7 Å². The van der Waals surface area contributed by atoms with Crippen LogP contribution in [0.25, 0.3) is 10.9 Å². The molecular weight excluding hydrogens is 198 g/mol. The molecule has 0 amide bonds. The summed E-state index contributed by atoms with van der Waals surface area (Å²) in [6.45, 7) is 1.50. The molecule has 0 spiro atoms. The molecule has 70 valence electrons. The van der Waals surface area contributed by atoms with Crippen LogP contribution in [0, 0.1) is 0 Å². The highest BCUT2D eigenvalue weighted by molar-refractivity contribution is 6.31. The fourth-order valence-electron chi connectivity index (χ4n) is 1.29. The SMILES string of the molecule is CC(=O)c1ccc2ccc(Cl)cc2n1. The zero-order valence-electron chi connectivity index (χ0n) is 7.62. The molecule has 0 atom stereocenters. The summed E-state index contributed by atoms with van der Waals surface area (Å²) in [6.07, 6.45) is 0. The first-order valence-electron chi connectivity index (χ1n) is 4.24. The van der Waals surface area contributed by atoms with Gasteiger partial charge in [0.05, 0.1) is 5.52 Å². The van der Waals surface area contributed by atoms with Gasteiger partial charge in [-0.3, -0.25) is 4.79 Å². The van der Waals surface area contributed by atoms with Gasteiger partial charge in [-0.2, -0.15) is 0 Å². The number of ketones is 1. The van der Waals surface area contributed by atoms with Gasteiger partial charge in [0.1, 0.15) is 5.69 Å². The number of hydrogen-bond donors (Lipinski definition) is 0. The minimum Gasteiger partial charge on any atom is -0.293 e. The molecule has 0 aliphatic carbocycles. The highest BCUT2D eigenvalue weighted by Crippen LogP contribution is 2.17. The zero-order chi connectivity index (χ0) is 10.1. The van der Waals surface area contributed by atoms with Crippen molar-refractivity contribution >= 4 is 28.3 Å². The van der Waals surface area contributed by atoms with E-state index in [4.69, 9.17) is 11.6 Å². The van der Waals surface area contributed by atoms with Crippen LogP contribution in [0.1, 0.15) is 17.4 Å². The molecule has 0 bridgehead atoms. The lowest BCUT2D eigenvalue weighted by Crippen LogP contribution is -1.95. The molecule has 1 heterocycles. The number of Topliss-reactive ketones (excluding diaryl/α,β-unsaturated/α-hetero) is 1. The van der Waals surface area contributed by atoms with E-state index in [1.54, 1.807) is 18.2 Å². The minimum absolute atomic E-state index is 0.0353. The molecular formula is C11H8ClNO. The third-order valence-corrected chi connectivity index (χ3v) is 2.25. The van der Waals surface area contributed by atoms with Gasteiger partial charge in [0.2, 0.25) is 0 Å². The van der Waals surface area contributed by atoms with Crippen LogP contribution in [-0.2, 0) is 0 Å². The van der Waals surface area contributed by atoms with Gasteiger partial charge in [-0.15, -0.1) is 0 Å². The minimum atomic E-state index is -0.0353. The summed E-state index contributed by atoms with van der Waals surface area (Å²) in [5.41, 5.74) is 1.23. The first-order chi connectivity index (χ1) is 6.66. The summed E-state index contributed by atoms with van der Waals surface area (Å²) >= 11 is 5.83. The van der Waals surface area contributed by atoms with Gasteiger partial charge in [0.15, 0.2) is 5.78 Å². The van der Waals surface area contributed by atoms with E-state index >= 15 is 0 Å². The summed E-state index contributed by atoms with van der Waals surface area (Å²) in [5.74, 6) is -0.0353. The number of halogens is 1. The summed E-state index contributed by atoms with van der Waals surface area (Å²) in [5, 5.41) is 1.62. The maximum absolute atomic E-state index is 11.1. The predicted octanol–water partition coefficient (Wildman–Crippen LogP) is 3.09. The van der Waals surface area contributed by atoms with E-state index in [0.717, 1.165) is 10.9 Å². The molecule has 2 nitrogen and oxygen atoms in total. The van der Waals surface area contributed by atoms with Gasteiger partial charge in [-0.25, -0.2) is 4.98 Å². The Hall–Kier alpha value is -1.41. The average Bonchev–Trinajstić information content (AvgIpc) is 2.16. The Balaban J connectivity index is 2.69. The Bertz CT molecular complexity index is 508. The highest BCUT2D eigenvalue weighted by atomic mass is 35.5. The number of nitrogens with zero attached hydrogens (tertiary/aromatic N) is 1. The fourth-order valence-corrected chi connectivity index (χ4v) is 1.45. The Labute approximate surface area is 86.5 Å². The summed E-state index contributed by atoms with van der Waals surface area (Å²) in [7, 11) is 0. The highest BCUT2D eigenvalue weighted by Gasteiger charge is 2.02. The molecule has 0 saturated carbocycles. The third-order valence-electron chi connectivity index (χ3n) is 2.01. The van der Waals surface area contributed by atoms with Gasteiger partial charge in [-0.05, 0) is 18.2 Å². The Morgan fingerprint density at radius 3 is 2.71 bits per heavy atom. The number of hydrogen-bond acceptors (Lipinski definition) is 2. The second-order valence-electron chi connectivity index (χ2n) is 3.09. The summed E-state index contributed by atoms with van der Waals surface area (Å²) in [4.78, 5) is 15.3. The standard InChI is InChI=1S/C11H8ClNO/c1-7(14)10-5-3-8-2-4-9(12)6-11(8)13-10/h2-6H,1H3. The van der Waals surface area contributed by atoms with Crippen molar-refractivity contribution in [2.45, 2.75) is 6.92 Å². The number of rotatable bonds is 1. The van der Waals surface area contributed by atoms with Crippen molar-refractivity contribution in [3.63, 3.8) is 0 Å². The van der Waals surface area contributed by atoms with Crippen LogP contribution in [0.3, 0.4) is 0 Å². The molecule has 0 radical (unpaired) electrons. The van der Waals surface area contributed by atoms with E-state index in [1.807, 2.05) is 12.1 Å². The van der Waals surface area contributed by atoms with Crippen LogP contribution in [-0.4, -0.2) is 10.8 Å². The van der Waals surface area contributed by atoms with Crippen LogP contribution >= 0.6 is 11.6 Å². The molecule has 14 heavy (non-hydrogen) atoms. The van der Waals surface area contributed by atoms with Crippen LogP contribution in [0.15, 0.2) is 30.3 Å². The molecule has 3 heteroatoms. The monoisotopic (exact) mass is 205 g/mol. The number of carbonyl (C=O) groups is 1. The molecule has 1 aromatic carbocycles. The van der Waals surface area contributed by atoms with Crippen molar-refractivity contribution in [1.82, 2.24) is 4.98 Å². The summed E-state index contributed by atoms with van der Waals surface area (Å²) < 4.78 is 0. The van der Waals surface area contributed by atoms with Crippen LogP contribution in [0.4, 0.5) is 0 Å².